The standard InChI is InChI=1S/C20H25NO4.C16H17NO4.2C11H15NO2.C9H10O3.C7H6O3.2C4H6O4.2C2H3BO2.2CH4.4ClH.2Na/c1-22-17-7-5-6-15(20(17)25-4)12-21-9-8-14-10-18(23-2)19(24-3)11-16(14)13-21;18-13-3-1-2-11(16(13)21)8-17-5-4-10-6-14(19)15(20)7-12(10)9-17;2*1-13-10-5-8-3-4-12-7-9(8)6-11(10)14-2;1-11-8-5-3-4-7(6-10)9(8)12-2;8-4-5-2-1-3-6(9)7(5)10;2*1-3(5)7-8-4(2)6;2*1-2(4)5-3;;;;;;;;/h5-7,10-11H,8-9,12-13H2,1-4H3;1-3,6-7,18-21H,4-5,8-9H2;2*5-6,12H,3-4,7H2,1-2H3;3-6H,1-2H3;1-4,9-10H;2*1-2H3;2*1H3;2*1H4;4*1H;;/q;;;;;;;;2*-1;;;;;;;2*+1. The molecule has 0 aromatic heterocycles. The topological polar surface area (TPSA) is 436 Å². The van der Waals surface area contributed by atoms with Gasteiger partial charge >= 0.3 is 83.0 Å². The van der Waals surface area contributed by atoms with Crippen molar-refractivity contribution in [3.05, 3.63) is 188 Å². The fourth-order valence-corrected chi connectivity index (χ4v) is 11.6. The van der Waals surface area contributed by atoms with Crippen LogP contribution in [0.15, 0.2) is 121 Å². The molecule has 0 saturated carbocycles. The summed E-state index contributed by atoms with van der Waals surface area (Å²) in [6, 6.07) is 35.9. The third-order valence-corrected chi connectivity index (χ3v) is 17.4. The van der Waals surface area contributed by atoms with Gasteiger partial charge in [0.15, 0.2) is 105 Å². The van der Waals surface area contributed by atoms with E-state index in [4.69, 9.17) is 57.6 Å². The largest absolute Gasteiger partial charge is 1.00 e. The number of rotatable bonds is 16. The van der Waals surface area contributed by atoms with Crippen LogP contribution in [0.4, 0.5) is 0 Å². The van der Waals surface area contributed by atoms with E-state index in [2.05, 4.69) is 108 Å². The van der Waals surface area contributed by atoms with Gasteiger partial charge in [0.1, 0.15) is 0 Å². The Morgan fingerprint density at radius 2 is 0.631 bits per heavy atom. The van der Waals surface area contributed by atoms with E-state index in [0.717, 1.165) is 175 Å². The molecule has 0 fully saturated rings. The van der Waals surface area contributed by atoms with Crippen LogP contribution >= 0.6 is 49.6 Å². The summed E-state index contributed by atoms with van der Waals surface area (Å²) in [6.07, 6.45) is 5.10. The second-order valence-corrected chi connectivity index (χ2v) is 25.8. The molecule has 4 heterocycles. The number of aldehydes is 2. The van der Waals surface area contributed by atoms with Crippen LogP contribution in [0.5, 0.6) is 92.0 Å². The summed E-state index contributed by atoms with van der Waals surface area (Å²) >= 11 is 0. The van der Waals surface area contributed by atoms with Crippen molar-refractivity contribution in [1.29, 1.82) is 0 Å². The van der Waals surface area contributed by atoms with Crippen LogP contribution in [0.25, 0.3) is 0 Å². The number of carbonyl (C=O) groups excluding carboxylic acids is 8. The average molecular weight is 1920 g/mol. The predicted octanol–water partition coefficient (Wildman–Crippen LogP) is 6.76. The first-order valence-electron chi connectivity index (χ1n) is 37.2. The zero-order valence-electron chi connectivity index (χ0n) is 74.8. The van der Waals surface area contributed by atoms with Crippen molar-refractivity contribution in [3.63, 3.8) is 0 Å². The Hall–Kier alpha value is -10.2. The van der Waals surface area contributed by atoms with Gasteiger partial charge in [-0.15, -0.1) is 49.6 Å². The Morgan fingerprint density at radius 3 is 0.977 bits per heavy atom. The van der Waals surface area contributed by atoms with Gasteiger partial charge in [-0.3, -0.25) is 29.0 Å². The minimum atomic E-state index is -0.639. The molecule has 6 radical (unpaired) electrons. The van der Waals surface area contributed by atoms with Crippen LogP contribution in [0, 0.1) is 0 Å². The van der Waals surface area contributed by atoms with Crippen LogP contribution in [0.1, 0.15) is 133 Å². The Balaban J connectivity index is -0.000000338. The predicted molar refractivity (Wildman–Crippen MR) is 489 cm³/mol. The summed E-state index contributed by atoms with van der Waals surface area (Å²) < 4.78 is 60.0. The molecule has 130 heavy (non-hydrogen) atoms. The second-order valence-electron chi connectivity index (χ2n) is 25.8. The van der Waals surface area contributed by atoms with E-state index in [1.165, 1.54) is 85.7 Å². The number of aromatic hydroxyl groups is 6. The molecule has 0 amide bonds. The third-order valence-electron chi connectivity index (χ3n) is 17.4. The third kappa shape index (κ3) is 45.6. The first-order chi connectivity index (χ1) is 58.3. The summed E-state index contributed by atoms with van der Waals surface area (Å²) in [5, 5.41) is 62.9. The molecule has 0 bridgehead atoms. The number of phenolic OH excluding ortho intramolecular Hbond substituents is 6. The molecule has 4 aliphatic heterocycles. The van der Waals surface area contributed by atoms with Crippen LogP contribution < -0.4 is 117 Å². The van der Waals surface area contributed by atoms with Crippen LogP contribution in [-0.2, 0) is 123 Å². The van der Waals surface area contributed by atoms with Crippen LogP contribution in [0.3, 0.4) is 0 Å². The van der Waals surface area contributed by atoms with Crippen molar-refractivity contribution in [2.75, 3.05) is 97.3 Å². The minimum Gasteiger partial charge on any atom is -0.793 e. The first kappa shape index (κ1) is 131. The number of hydrogen-bond acceptors (Lipinski definition) is 34. The molecule has 8 aromatic carbocycles. The van der Waals surface area contributed by atoms with Crippen molar-refractivity contribution < 1.29 is 204 Å². The van der Waals surface area contributed by atoms with E-state index in [9.17, 15) is 58.8 Å². The summed E-state index contributed by atoms with van der Waals surface area (Å²) in [5.41, 5.74) is 12.4. The Bertz CT molecular complexity index is 4520. The molecule has 0 aliphatic carbocycles. The SMILES string of the molecule is C.C.CC(=O)OOC(C)=O.CC(=O)OOC(C)=O.COc1cc2c(cc1OC)CN(Cc1cccc(OC)c1OC)CC2.COc1cc2c(cc1OC)CNCC2.COc1cc2c(cc1OC)CNCC2.COc1cccc(C=O)c1OC.Cl.Cl.Cl.Cl.O=Cc1cccc(O)c1O.Oc1cc2c(cc1O)CN(Cc1cccc(O)c1O)CC2.[B-]OC(C)=O.[B-]OC(C)=O.[Na+].[Na+]. The molecule has 8 N–H and O–H groups in total. The maximum absolute atomic E-state index is 10.5. The fourth-order valence-electron chi connectivity index (χ4n) is 11.6. The summed E-state index contributed by atoms with van der Waals surface area (Å²) in [6.45, 7) is 15.6. The van der Waals surface area contributed by atoms with Crippen LogP contribution in [0.2, 0.25) is 0 Å². The molecule has 0 spiro atoms. The van der Waals surface area contributed by atoms with Gasteiger partial charge in [0.05, 0.1) is 82.2 Å². The molecule has 12 rings (SSSR count). The van der Waals surface area contributed by atoms with Crippen LogP contribution in [-0.4, -0.2) is 202 Å². The number of fused-ring (bicyclic) bond motifs is 4. The molecule has 0 saturated heterocycles. The van der Waals surface area contributed by atoms with Gasteiger partial charge in [-0.25, -0.2) is 38.7 Å². The Morgan fingerprint density at radius 1 is 0.346 bits per heavy atom. The molecule has 706 valence electrons. The normalized spacial score (nSPS) is 11.3. The van der Waals surface area contributed by atoms with Gasteiger partial charge in [-0.05, 0) is 168 Å². The first-order valence-corrected chi connectivity index (χ1v) is 37.2. The van der Waals surface area contributed by atoms with Crippen molar-refractivity contribution in [2.45, 2.75) is 121 Å². The molecule has 34 nitrogen and oxygen atoms in total. The molecular weight excluding hydrogens is 1800 g/mol. The smallest absolute Gasteiger partial charge is 0.793 e. The van der Waals surface area contributed by atoms with Gasteiger partial charge in [-0.2, -0.15) is 0 Å². The van der Waals surface area contributed by atoms with E-state index in [1.54, 1.807) is 99.3 Å². The van der Waals surface area contributed by atoms with Gasteiger partial charge < -0.3 is 114 Å². The second kappa shape index (κ2) is 71.6. The number of benzene rings is 8. The number of ether oxygens (including phenoxy) is 10. The Labute approximate surface area is 831 Å². The van der Waals surface area contributed by atoms with Crippen molar-refractivity contribution in [2.24, 2.45) is 0 Å². The number of methoxy groups -OCH3 is 10. The van der Waals surface area contributed by atoms with Crippen molar-refractivity contribution in [3.8, 4) is 92.0 Å². The maximum atomic E-state index is 10.5. The minimum absolute atomic E-state index is 0. The molecular formula is C88H118B2Cl4N4Na2O30. The van der Waals surface area contributed by atoms with Crippen molar-refractivity contribution >= 4 is 114 Å². The molecule has 0 atom stereocenters. The number of halogens is 4. The van der Waals surface area contributed by atoms with E-state index in [-0.39, 0.29) is 164 Å². The quantitative estimate of drug-likeness (QED) is 0.0163. The Kier molecular flexibility index (Phi) is 71.9. The fraction of sp³-hybridized carbons (Fsp3) is 0.364. The van der Waals surface area contributed by atoms with Crippen molar-refractivity contribution in [1.82, 2.24) is 20.4 Å². The zero-order valence-corrected chi connectivity index (χ0v) is 82.0. The number of carbonyl (C=O) groups is 8. The summed E-state index contributed by atoms with van der Waals surface area (Å²) in [4.78, 5) is 98.7. The van der Waals surface area contributed by atoms with E-state index >= 15 is 0 Å². The number of hydrogen-bond donors (Lipinski definition) is 8. The molecule has 8 aromatic rings. The molecule has 0 unspecified atom stereocenters. The van der Waals surface area contributed by atoms with Gasteiger partial charge in [0.25, 0.3) is 0 Å². The zero-order chi connectivity index (χ0) is 91.0. The van der Waals surface area contributed by atoms with E-state index in [0.29, 0.717) is 42.0 Å². The van der Waals surface area contributed by atoms with Gasteiger partial charge in [0, 0.05) is 105 Å². The summed E-state index contributed by atoms with van der Waals surface area (Å²) in [5.74, 6) is 2.95. The summed E-state index contributed by atoms with van der Waals surface area (Å²) in [7, 11) is 25.1. The number of nitrogens with zero attached hydrogens (tertiary/aromatic N) is 2. The molecule has 42 heteroatoms. The number of nitrogens with one attached hydrogen (secondary N) is 2. The van der Waals surface area contributed by atoms with Gasteiger partial charge in [0.2, 0.25) is 11.9 Å². The monoisotopic (exact) mass is 1920 g/mol. The van der Waals surface area contributed by atoms with Gasteiger partial charge in [-0.1, -0.05) is 51.3 Å². The molecule has 4 aliphatic rings. The average Bonchev–Trinajstić information content (AvgIpc) is 0.803. The van der Waals surface area contributed by atoms with E-state index in [1.807, 2.05) is 12.1 Å². The number of para-hydroxylation sites is 4. The van der Waals surface area contributed by atoms with E-state index < -0.39 is 35.8 Å². The maximum Gasteiger partial charge on any atom is 1.00 e. The number of phenols is 6.